The smallest absolute Gasteiger partial charge is 0.196 e. The fraction of sp³-hybridized carbons (Fsp3) is 0.417. The first-order chi connectivity index (χ1) is 7.74. The second-order valence-corrected chi connectivity index (χ2v) is 3.57. The fourth-order valence-electron chi connectivity index (χ4n) is 1.28. The van der Waals surface area contributed by atoms with Crippen molar-refractivity contribution >= 4 is 11.6 Å². The van der Waals surface area contributed by atoms with Crippen molar-refractivity contribution in [2.75, 3.05) is 27.3 Å². The van der Waals surface area contributed by atoms with Crippen LogP contribution in [-0.4, -0.2) is 38.2 Å². The summed E-state index contributed by atoms with van der Waals surface area (Å²) in [5, 5.41) is 0. The number of nitrogens with two attached hydrogens (primary N) is 1. The van der Waals surface area contributed by atoms with E-state index in [0.29, 0.717) is 5.96 Å². The van der Waals surface area contributed by atoms with Crippen molar-refractivity contribution in [3.8, 4) is 0 Å². The third-order valence-corrected chi connectivity index (χ3v) is 2.23. The molecule has 1 rings (SSSR count). The lowest BCUT2D eigenvalue weighted by Crippen LogP contribution is -2.34. The van der Waals surface area contributed by atoms with E-state index in [-0.39, 0.29) is 0 Å². The molecule has 0 aliphatic rings. The maximum atomic E-state index is 5.87. The molecule has 0 saturated heterocycles. The van der Waals surface area contributed by atoms with Crippen LogP contribution in [0.25, 0.3) is 0 Å². The van der Waals surface area contributed by atoms with Gasteiger partial charge >= 0.3 is 0 Å². The zero-order valence-corrected chi connectivity index (χ0v) is 9.89. The Labute approximate surface area is 96.7 Å². The largest absolute Gasteiger partial charge is 0.385 e. The molecule has 4 nitrogen and oxygen atoms in total. The molecule has 0 bridgehead atoms. The molecule has 4 heteroatoms. The normalized spacial score (nSPS) is 11.5. The van der Waals surface area contributed by atoms with Crippen molar-refractivity contribution in [1.82, 2.24) is 4.90 Å². The van der Waals surface area contributed by atoms with Crippen molar-refractivity contribution in [3.05, 3.63) is 30.3 Å². The number of para-hydroxylation sites is 1. The van der Waals surface area contributed by atoms with Gasteiger partial charge in [0.15, 0.2) is 5.96 Å². The molecule has 0 heterocycles. The Morgan fingerprint density at radius 2 is 2.06 bits per heavy atom. The van der Waals surface area contributed by atoms with Gasteiger partial charge in [-0.3, -0.25) is 0 Å². The highest BCUT2D eigenvalue weighted by molar-refractivity contribution is 5.80. The van der Waals surface area contributed by atoms with E-state index in [4.69, 9.17) is 10.5 Å². The van der Waals surface area contributed by atoms with Crippen molar-refractivity contribution in [2.45, 2.75) is 6.42 Å². The molecule has 0 radical (unpaired) electrons. The molecule has 1 aromatic carbocycles. The van der Waals surface area contributed by atoms with Crippen LogP contribution < -0.4 is 5.73 Å². The minimum atomic E-state index is 0.530. The summed E-state index contributed by atoms with van der Waals surface area (Å²) in [7, 11) is 3.62. The van der Waals surface area contributed by atoms with Crippen LogP contribution in [0.1, 0.15) is 6.42 Å². The highest BCUT2D eigenvalue weighted by atomic mass is 16.5. The summed E-state index contributed by atoms with van der Waals surface area (Å²) < 4.78 is 4.98. The van der Waals surface area contributed by atoms with Gasteiger partial charge in [-0.15, -0.1) is 0 Å². The molecule has 0 aromatic heterocycles. The number of aliphatic imine (C=N–C) groups is 1. The molecule has 0 aliphatic carbocycles. The summed E-state index contributed by atoms with van der Waals surface area (Å²) in [6.07, 6.45) is 0.942. The lowest BCUT2D eigenvalue weighted by atomic mass is 10.3. The van der Waals surface area contributed by atoms with Gasteiger partial charge in [0.1, 0.15) is 0 Å². The monoisotopic (exact) mass is 221 g/mol. The van der Waals surface area contributed by atoms with Gasteiger partial charge in [0.05, 0.1) is 5.69 Å². The molecule has 88 valence electrons. The first-order valence-corrected chi connectivity index (χ1v) is 5.33. The lowest BCUT2D eigenvalue weighted by molar-refractivity contribution is 0.188. The average Bonchev–Trinajstić information content (AvgIpc) is 2.30. The Morgan fingerprint density at radius 3 is 2.69 bits per heavy atom. The van der Waals surface area contributed by atoms with E-state index in [2.05, 4.69) is 4.99 Å². The van der Waals surface area contributed by atoms with Gasteiger partial charge in [-0.2, -0.15) is 0 Å². The van der Waals surface area contributed by atoms with E-state index in [1.165, 1.54) is 0 Å². The van der Waals surface area contributed by atoms with E-state index in [9.17, 15) is 0 Å². The van der Waals surface area contributed by atoms with E-state index in [0.717, 1.165) is 25.3 Å². The molecular formula is C12H19N3O. The molecule has 0 fully saturated rings. The van der Waals surface area contributed by atoms with Crippen LogP contribution in [0.5, 0.6) is 0 Å². The van der Waals surface area contributed by atoms with Gasteiger partial charge in [0, 0.05) is 27.3 Å². The quantitative estimate of drug-likeness (QED) is 0.467. The molecule has 0 atom stereocenters. The summed E-state index contributed by atoms with van der Waals surface area (Å²) in [6, 6.07) is 9.69. The molecule has 16 heavy (non-hydrogen) atoms. The topological polar surface area (TPSA) is 50.9 Å². The zero-order chi connectivity index (χ0) is 11.8. The zero-order valence-electron chi connectivity index (χ0n) is 9.89. The first kappa shape index (κ1) is 12.5. The minimum Gasteiger partial charge on any atom is -0.385 e. The third kappa shape index (κ3) is 4.31. The number of benzene rings is 1. The van der Waals surface area contributed by atoms with Crippen molar-refractivity contribution in [3.63, 3.8) is 0 Å². The SMILES string of the molecule is COCCCN(C)C(N)=Nc1ccccc1. The molecule has 0 saturated carbocycles. The highest BCUT2D eigenvalue weighted by Gasteiger charge is 2.01. The van der Waals surface area contributed by atoms with E-state index in [1.54, 1.807) is 7.11 Å². The van der Waals surface area contributed by atoms with Crippen LogP contribution >= 0.6 is 0 Å². The van der Waals surface area contributed by atoms with Crippen LogP contribution in [-0.2, 0) is 4.74 Å². The predicted molar refractivity (Wildman–Crippen MR) is 66.8 cm³/mol. The second kappa shape index (κ2) is 6.85. The predicted octanol–water partition coefficient (Wildman–Crippen LogP) is 1.60. The second-order valence-electron chi connectivity index (χ2n) is 3.57. The van der Waals surface area contributed by atoms with Crippen LogP contribution in [0, 0.1) is 0 Å². The van der Waals surface area contributed by atoms with Gasteiger partial charge in [-0.05, 0) is 18.6 Å². The van der Waals surface area contributed by atoms with Gasteiger partial charge < -0.3 is 15.4 Å². The maximum Gasteiger partial charge on any atom is 0.196 e. The Morgan fingerprint density at radius 1 is 1.38 bits per heavy atom. The Hall–Kier alpha value is -1.55. The summed E-state index contributed by atoms with van der Waals surface area (Å²) in [6.45, 7) is 1.58. The van der Waals surface area contributed by atoms with Crippen molar-refractivity contribution < 1.29 is 4.74 Å². The fourth-order valence-corrected chi connectivity index (χ4v) is 1.28. The maximum absolute atomic E-state index is 5.87. The number of nitrogens with zero attached hydrogens (tertiary/aromatic N) is 2. The molecule has 0 spiro atoms. The number of rotatable bonds is 5. The average molecular weight is 221 g/mol. The summed E-state index contributed by atoms with van der Waals surface area (Å²) in [4.78, 5) is 6.24. The number of hydrogen-bond acceptors (Lipinski definition) is 2. The van der Waals surface area contributed by atoms with Gasteiger partial charge in [0.2, 0.25) is 0 Å². The minimum absolute atomic E-state index is 0.530. The van der Waals surface area contributed by atoms with E-state index < -0.39 is 0 Å². The van der Waals surface area contributed by atoms with E-state index >= 15 is 0 Å². The Bertz CT molecular complexity index is 324. The summed E-state index contributed by atoms with van der Waals surface area (Å²) in [5.74, 6) is 0.530. The van der Waals surface area contributed by atoms with Crippen LogP contribution in [0.3, 0.4) is 0 Å². The van der Waals surface area contributed by atoms with E-state index in [1.807, 2.05) is 42.3 Å². The van der Waals surface area contributed by atoms with Crippen LogP contribution in [0.15, 0.2) is 35.3 Å². The summed E-state index contributed by atoms with van der Waals surface area (Å²) >= 11 is 0. The Kier molecular flexibility index (Phi) is 5.36. The number of ether oxygens (including phenoxy) is 1. The van der Waals surface area contributed by atoms with Crippen molar-refractivity contribution in [1.29, 1.82) is 0 Å². The summed E-state index contributed by atoms with van der Waals surface area (Å²) in [5.41, 5.74) is 6.74. The van der Waals surface area contributed by atoms with Crippen molar-refractivity contribution in [2.24, 2.45) is 10.7 Å². The first-order valence-electron chi connectivity index (χ1n) is 5.33. The molecule has 0 amide bonds. The molecule has 1 aromatic rings. The molecule has 0 unspecified atom stereocenters. The van der Waals surface area contributed by atoms with Crippen LogP contribution in [0.4, 0.5) is 5.69 Å². The van der Waals surface area contributed by atoms with Gasteiger partial charge in [-0.25, -0.2) is 4.99 Å². The highest BCUT2D eigenvalue weighted by Crippen LogP contribution is 2.09. The number of methoxy groups -OCH3 is 1. The van der Waals surface area contributed by atoms with Gasteiger partial charge in [-0.1, -0.05) is 18.2 Å². The van der Waals surface area contributed by atoms with Gasteiger partial charge in [0.25, 0.3) is 0 Å². The Balaban J connectivity index is 2.49. The molecular weight excluding hydrogens is 202 g/mol. The third-order valence-electron chi connectivity index (χ3n) is 2.23. The lowest BCUT2D eigenvalue weighted by Gasteiger charge is -2.17. The van der Waals surface area contributed by atoms with Crippen LogP contribution in [0.2, 0.25) is 0 Å². The number of guanidine groups is 1. The molecule has 2 N–H and O–H groups in total. The molecule has 0 aliphatic heterocycles. The standard InChI is InChI=1S/C12H19N3O/c1-15(9-6-10-16-2)12(13)14-11-7-4-3-5-8-11/h3-5,7-8H,6,9-10H2,1-2H3,(H2,13,14). The number of hydrogen-bond donors (Lipinski definition) is 1.